The molecule has 0 saturated carbocycles. The normalized spacial score (nSPS) is 20.4. The highest BCUT2D eigenvalue weighted by Gasteiger charge is 2.71. The van der Waals surface area contributed by atoms with Gasteiger partial charge in [0.2, 0.25) is 5.75 Å². The minimum absolute atomic E-state index is 0.236. The zero-order valence-corrected chi connectivity index (χ0v) is 25.3. The summed E-state index contributed by atoms with van der Waals surface area (Å²) in [6, 6.07) is 23.3. The predicted octanol–water partition coefficient (Wildman–Crippen LogP) is 6.04. The molecule has 3 aliphatic rings. The molecule has 0 aromatic heterocycles. The van der Waals surface area contributed by atoms with Gasteiger partial charge < -0.3 is 23.8 Å². The second kappa shape index (κ2) is 10.7. The molecule has 226 valence electrons. The smallest absolute Gasteiger partial charge is 0.203 e. The van der Waals surface area contributed by atoms with Crippen LogP contribution in [-0.4, -0.2) is 57.9 Å². The highest BCUT2D eigenvalue weighted by atomic mass is 16.5. The Balaban J connectivity index is 1.56. The molecule has 0 N–H and O–H groups in total. The van der Waals surface area contributed by atoms with Gasteiger partial charge in [0.1, 0.15) is 17.2 Å². The summed E-state index contributed by atoms with van der Waals surface area (Å²) in [6.45, 7) is 0. The lowest BCUT2D eigenvalue weighted by Gasteiger charge is -2.37. The summed E-state index contributed by atoms with van der Waals surface area (Å²) in [5.74, 6) is -0.117. The van der Waals surface area contributed by atoms with Gasteiger partial charge in [0.15, 0.2) is 28.8 Å². The predicted molar refractivity (Wildman–Crippen MR) is 169 cm³/mol. The number of rotatable bonds is 7. The van der Waals surface area contributed by atoms with Gasteiger partial charge in [-0.1, -0.05) is 54.6 Å². The molecule has 2 aliphatic heterocycles. The van der Waals surface area contributed by atoms with E-state index in [1.165, 1.54) is 21.3 Å². The highest BCUT2D eigenvalue weighted by Crippen LogP contribution is 2.62. The van der Waals surface area contributed by atoms with Crippen LogP contribution in [0.15, 0.2) is 91.0 Å². The first kappa shape index (κ1) is 28.4. The number of Topliss-reactive ketones (excluding diaryl/α,β-unsaturated/α-hetero) is 3. The molecule has 2 heterocycles. The Bertz CT molecular complexity index is 1830. The molecular weight excluding hydrogens is 570 g/mol. The van der Waals surface area contributed by atoms with Crippen molar-refractivity contribution in [3.05, 3.63) is 119 Å². The lowest BCUT2D eigenvalue weighted by atomic mass is 9.64. The average molecular weight is 602 g/mol. The van der Waals surface area contributed by atoms with Crippen molar-refractivity contribution < 1.29 is 33.3 Å². The average Bonchev–Trinajstić information content (AvgIpc) is 3.53. The molecule has 1 spiro atoms. The topological polar surface area (TPSA) is 91.4 Å². The highest BCUT2D eigenvalue weighted by molar-refractivity contribution is 6.32. The summed E-state index contributed by atoms with van der Waals surface area (Å²) in [4.78, 5) is 46.7. The van der Waals surface area contributed by atoms with Gasteiger partial charge in [0, 0.05) is 28.3 Å². The van der Waals surface area contributed by atoms with Crippen LogP contribution in [0.2, 0.25) is 0 Å². The van der Waals surface area contributed by atoms with E-state index in [2.05, 4.69) is 0 Å². The quantitative estimate of drug-likeness (QED) is 0.187. The van der Waals surface area contributed by atoms with Crippen molar-refractivity contribution in [2.24, 2.45) is 5.41 Å². The van der Waals surface area contributed by atoms with Gasteiger partial charge in [-0.25, -0.2) is 0 Å². The van der Waals surface area contributed by atoms with E-state index in [1.807, 2.05) is 41.3 Å². The van der Waals surface area contributed by atoms with Crippen LogP contribution in [0.25, 0.3) is 6.08 Å². The van der Waals surface area contributed by atoms with Crippen LogP contribution in [0.1, 0.15) is 48.1 Å². The Morgan fingerprint density at radius 2 is 1.33 bits per heavy atom. The number of hydrogen-bond acceptors (Lipinski definition) is 8. The number of ether oxygens (including phenoxy) is 4. The lowest BCUT2D eigenvalue weighted by Crippen LogP contribution is -2.48. The number of fused-ring (bicyclic) bond motifs is 5. The zero-order chi connectivity index (χ0) is 31.5. The van der Waals surface area contributed by atoms with Crippen LogP contribution >= 0.6 is 0 Å². The minimum atomic E-state index is -1.66. The Kier molecular flexibility index (Phi) is 6.73. The summed E-state index contributed by atoms with van der Waals surface area (Å²) >= 11 is 0. The van der Waals surface area contributed by atoms with E-state index in [4.69, 9.17) is 18.9 Å². The summed E-state index contributed by atoms with van der Waals surface area (Å²) in [7, 11) is 6.09. The van der Waals surface area contributed by atoms with Crippen LogP contribution in [0, 0.1) is 5.41 Å². The van der Waals surface area contributed by atoms with Crippen LogP contribution < -0.4 is 23.8 Å². The number of para-hydroxylation sites is 1. The number of hydrogen-bond donors (Lipinski definition) is 0. The number of carbonyl (C=O) groups is 3. The fraction of sp³-hybridized carbons (Fsp3) is 0.216. The molecule has 45 heavy (non-hydrogen) atoms. The van der Waals surface area contributed by atoms with Crippen LogP contribution in [-0.2, 0) is 0 Å². The fourth-order valence-electron chi connectivity index (χ4n) is 7.50. The number of methoxy groups -OCH3 is 4. The second-order valence-corrected chi connectivity index (χ2v) is 11.3. The van der Waals surface area contributed by atoms with Crippen molar-refractivity contribution in [2.45, 2.75) is 18.0 Å². The maximum absolute atomic E-state index is 14.9. The molecule has 1 saturated heterocycles. The van der Waals surface area contributed by atoms with E-state index in [0.717, 1.165) is 11.3 Å². The van der Waals surface area contributed by atoms with Gasteiger partial charge in [0.25, 0.3) is 0 Å². The molecule has 8 nitrogen and oxygen atoms in total. The lowest BCUT2D eigenvalue weighted by molar-refractivity contribution is 0.0665. The van der Waals surface area contributed by atoms with Crippen molar-refractivity contribution in [1.82, 2.24) is 0 Å². The number of nitrogens with zero attached hydrogens (tertiary/aromatic N) is 1. The Hall–Kier alpha value is -5.37. The molecule has 0 amide bonds. The van der Waals surface area contributed by atoms with Gasteiger partial charge >= 0.3 is 0 Å². The Labute approximate surface area is 260 Å². The van der Waals surface area contributed by atoms with Crippen molar-refractivity contribution in [2.75, 3.05) is 33.3 Å². The Morgan fingerprint density at radius 1 is 0.733 bits per heavy atom. The van der Waals surface area contributed by atoms with E-state index in [-0.39, 0.29) is 17.3 Å². The minimum Gasteiger partial charge on any atom is -0.497 e. The number of anilines is 1. The van der Waals surface area contributed by atoms with Crippen LogP contribution in [0.5, 0.6) is 23.0 Å². The standard InChI is InChI=1S/C37H31NO7/c1-42-24-16-13-22(14-17-24)33(39)32-31(23-19-28(43-2)34(45-4)29(20-23)44-3)37(35(40)25-10-6-7-11-26(25)36(37)41)30-18-15-21-9-5-8-12-27(21)38(30)32/h5-20,30-32H,1-4H3/t30-,31+,32+/m1/s1. The van der Waals surface area contributed by atoms with Gasteiger partial charge in [-0.2, -0.15) is 0 Å². The molecule has 3 atom stereocenters. The maximum Gasteiger partial charge on any atom is 0.203 e. The molecule has 0 bridgehead atoms. The first-order valence-corrected chi connectivity index (χ1v) is 14.6. The van der Waals surface area contributed by atoms with Gasteiger partial charge in [-0.05, 0) is 53.6 Å². The largest absolute Gasteiger partial charge is 0.497 e. The van der Waals surface area contributed by atoms with Crippen molar-refractivity contribution in [3.8, 4) is 23.0 Å². The third-order valence-electron chi connectivity index (χ3n) is 9.40. The van der Waals surface area contributed by atoms with E-state index >= 15 is 0 Å². The van der Waals surface area contributed by atoms with E-state index in [9.17, 15) is 14.4 Å². The molecule has 4 aromatic rings. The number of benzene rings is 4. The molecule has 0 unspecified atom stereocenters. The zero-order valence-electron chi connectivity index (χ0n) is 25.3. The third kappa shape index (κ3) is 3.88. The van der Waals surface area contributed by atoms with E-state index in [0.29, 0.717) is 45.3 Å². The van der Waals surface area contributed by atoms with E-state index < -0.39 is 23.4 Å². The van der Waals surface area contributed by atoms with Crippen molar-refractivity contribution >= 4 is 29.1 Å². The molecule has 0 radical (unpaired) electrons. The molecule has 7 rings (SSSR count). The summed E-state index contributed by atoms with van der Waals surface area (Å²) in [6.07, 6.45) is 3.84. The number of carbonyl (C=O) groups excluding carboxylic acids is 3. The maximum atomic E-state index is 14.9. The van der Waals surface area contributed by atoms with Crippen molar-refractivity contribution in [1.29, 1.82) is 0 Å². The molecule has 8 heteroatoms. The van der Waals surface area contributed by atoms with Gasteiger partial charge in [-0.3, -0.25) is 14.4 Å². The number of ketones is 3. The first-order chi connectivity index (χ1) is 21.9. The van der Waals surface area contributed by atoms with Gasteiger partial charge in [-0.15, -0.1) is 0 Å². The van der Waals surface area contributed by atoms with Gasteiger partial charge in [0.05, 0.1) is 34.5 Å². The summed E-state index contributed by atoms with van der Waals surface area (Å²) < 4.78 is 22.4. The molecular formula is C37H31NO7. The third-order valence-corrected chi connectivity index (χ3v) is 9.40. The monoisotopic (exact) mass is 601 g/mol. The van der Waals surface area contributed by atoms with Crippen LogP contribution in [0.3, 0.4) is 0 Å². The Morgan fingerprint density at radius 3 is 1.91 bits per heavy atom. The fourth-order valence-corrected chi connectivity index (χ4v) is 7.50. The molecule has 1 aliphatic carbocycles. The van der Waals surface area contributed by atoms with E-state index in [1.54, 1.807) is 67.8 Å². The van der Waals surface area contributed by atoms with Crippen LogP contribution in [0.4, 0.5) is 5.69 Å². The molecule has 1 fully saturated rings. The SMILES string of the molecule is COc1ccc(C(=O)[C@@H]2[C@H](c3cc(OC)c(OC)c(OC)c3)C3(C(=O)c4ccccc4C3=O)[C@H]3C=Cc4ccccc4N23)cc1. The van der Waals surface area contributed by atoms with Crippen molar-refractivity contribution in [3.63, 3.8) is 0 Å². The second-order valence-electron chi connectivity index (χ2n) is 11.3. The summed E-state index contributed by atoms with van der Waals surface area (Å²) in [5, 5.41) is 0. The summed E-state index contributed by atoms with van der Waals surface area (Å²) in [5.41, 5.74) is 1.67. The first-order valence-electron chi connectivity index (χ1n) is 14.6. The molecule has 4 aromatic carbocycles.